The topological polar surface area (TPSA) is 59.3 Å². The first-order chi connectivity index (χ1) is 15.8. The number of halogens is 1. The summed E-state index contributed by atoms with van der Waals surface area (Å²) in [6.07, 6.45) is 3.42. The van der Waals surface area contributed by atoms with Gasteiger partial charge in [0.1, 0.15) is 5.75 Å². The minimum atomic E-state index is 0. The summed E-state index contributed by atoms with van der Waals surface area (Å²) in [6.45, 7) is 8.14. The summed E-state index contributed by atoms with van der Waals surface area (Å²) in [6, 6.07) is 19.1. The Balaban J connectivity index is 0.00000306. The SMILES string of the molecule is CCCCC(c1nnnn1Cc1ccc(OC)cc1)N1CCN(Cc2ccccc2)CC1.Cl. The van der Waals surface area contributed by atoms with E-state index >= 15 is 0 Å². The van der Waals surface area contributed by atoms with Crippen LogP contribution >= 0.6 is 12.4 Å². The first kappa shape index (κ1) is 25.1. The van der Waals surface area contributed by atoms with Crippen molar-refractivity contribution in [3.05, 3.63) is 71.5 Å². The fourth-order valence-corrected chi connectivity index (χ4v) is 4.41. The number of benzene rings is 2. The highest BCUT2D eigenvalue weighted by atomic mass is 35.5. The minimum Gasteiger partial charge on any atom is -0.497 e. The van der Waals surface area contributed by atoms with Crippen LogP contribution in [0.25, 0.3) is 0 Å². The van der Waals surface area contributed by atoms with Crippen molar-refractivity contribution in [2.24, 2.45) is 0 Å². The van der Waals surface area contributed by atoms with Gasteiger partial charge in [0, 0.05) is 32.7 Å². The van der Waals surface area contributed by atoms with Crippen LogP contribution in [0.5, 0.6) is 5.75 Å². The number of ether oxygens (including phenoxy) is 1. The molecule has 1 aliphatic heterocycles. The van der Waals surface area contributed by atoms with Gasteiger partial charge in [0.05, 0.1) is 19.7 Å². The summed E-state index contributed by atoms with van der Waals surface area (Å²) in [5.74, 6) is 1.84. The molecule has 1 aromatic heterocycles. The van der Waals surface area contributed by atoms with Crippen LogP contribution in [0.2, 0.25) is 0 Å². The minimum absolute atomic E-state index is 0. The van der Waals surface area contributed by atoms with E-state index in [0.717, 1.165) is 50.7 Å². The molecule has 0 N–H and O–H groups in total. The predicted octanol–water partition coefficient (Wildman–Crippen LogP) is 4.20. The maximum Gasteiger partial charge on any atom is 0.168 e. The van der Waals surface area contributed by atoms with Crippen LogP contribution in [0.4, 0.5) is 0 Å². The second-order valence-electron chi connectivity index (χ2n) is 8.50. The lowest BCUT2D eigenvalue weighted by Gasteiger charge is -2.38. The smallest absolute Gasteiger partial charge is 0.168 e. The Morgan fingerprint density at radius 3 is 2.27 bits per heavy atom. The van der Waals surface area contributed by atoms with Crippen LogP contribution in [-0.4, -0.2) is 63.3 Å². The van der Waals surface area contributed by atoms with Crippen molar-refractivity contribution < 1.29 is 4.74 Å². The zero-order valence-electron chi connectivity index (χ0n) is 19.6. The molecule has 0 aliphatic carbocycles. The number of hydrogen-bond acceptors (Lipinski definition) is 6. The number of nitrogens with zero attached hydrogens (tertiary/aromatic N) is 6. The summed E-state index contributed by atoms with van der Waals surface area (Å²) in [5, 5.41) is 12.9. The first-order valence-electron chi connectivity index (χ1n) is 11.7. The van der Waals surface area contributed by atoms with Gasteiger partial charge in [0.15, 0.2) is 5.82 Å². The van der Waals surface area contributed by atoms with Crippen LogP contribution < -0.4 is 4.74 Å². The van der Waals surface area contributed by atoms with E-state index in [0.29, 0.717) is 6.54 Å². The van der Waals surface area contributed by atoms with Gasteiger partial charge in [-0.3, -0.25) is 9.80 Å². The van der Waals surface area contributed by atoms with Crippen molar-refractivity contribution in [3.8, 4) is 5.75 Å². The molecule has 8 heteroatoms. The summed E-state index contributed by atoms with van der Waals surface area (Å²) < 4.78 is 7.25. The lowest BCUT2D eigenvalue weighted by molar-refractivity contribution is 0.0814. The van der Waals surface area contributed by atoms with Crippen LogP contribution in [0.1, 0.15) is 49.2 Å². The highest BCUT2D eigenvalue weighted by molar-refractivity contribution is 5.85. The van der Waals surface area contributed by atoms with E-state index in [4.69, 9.17) is 4.74 Å². The molecule has 1 saturated heterocycles. The molecule has 0 radical (unpaired) electrons. The van der Waals surface area contributed by atoms with Crippen LogP contribution in [0.3, 0.4) is 0 Å². The van der Waals surface area contributed by atoms with Gasteiger partial charge < -0.3 is 4.74 Å². The number of rotatable bonds is 10. The molecule has 0 saturated carbocycles. The van der Waals surface area contributed by atoms with Crippen LogP contribution in [0, 0.1) is 0 Å². The van der Waals surface area contributed by atoms with Crippen LogP contribution in [-0.2, 0) is 13.1 Å². The molecule has 33 heavy (non-hydrogen) atoms. The van der Waals surface area contributed by atoms with Crippen molar-refractivity contribution >= 4 is 12.4 Å². The molecule has 3 aromatic rings. The molecule has 1 unspecified atom stereocenters. The summed E-state index contributed by atoms with van der Waals surface area (Å²) in [4.78, 5) is 5.12. The van der Waals surface area contributed by atoms with Gasteiger partial charge in [-0.05, 0) is 40.1 Å². The van der Waals surface area contributed by atoms with E-state index in [-0.39, 0.29) is 18.4 Å². The van der Waals surface area contributed by atoms with Crippen molar-refractivity contribution in [1.82, 2.24) is 30.0 Å². The monoisotopic (exact) mass is 470 g/mol. The Hall–Kier alpha value is -2.48. The largest absolute Gasteiger partial charge is 0.497 e. The highest BCUT2D eigenvalue weighted by Crippen LogP contribution is 2.27. The van der Waals surface area contributed by atoms with E-state index in [1.165, 1.54) is 24.0 Å². The fraction of sp³-hybridized carbons (Fsp3) is 0.480. The molecule has 0 amide bonds. The number of hydrogen-bond donors (Lipinski definition) is 0. The standard InChI is InChI=1S/C25H34N6O.ClH/c1-3-4-10-24(30-17-15-29(16-18-30)19-21-8-6-5-7-9-21)25-26-27-28-31(25)20-22-11-13-23(32-2)14-12-22;/h5-9,11-14,24H,3-4,10,15-20H2,1-2H3;1H. The van der Waals surface area contributed by atoms with E-state index < -0.39 is 0 Å². The number of aromatic nitrogens is 4. The van der Waals surface area contributed by atoms with Gasteiger partial charge in [0.2, 0.25) is 0 Å². The Labute approximate surface area is 203 Å². The molecule has 0 bridgehead atoms. The number of unbranched alkanes of at least 4 members (excludes halogenated alkanes) is 1. The maximum atomic E-state index is 5.28. The van der Waals surface area contributed by atoms with Gasteiger partial charge >= 0.3 is 0 Å². The average molecular weight is 471 g/mol. The maximum absolute atomic E-state index is 5.28. The highest BCUT2D eigenvalue weighted by Gasteiger charge is 2.28. The van der Waals surface area contributed by atoms with Crippen molar-refractivity contribution in [3.63, 3.8) is 0 Å². The third kappa shape index (κ3) is 6.76. The third-order valence-corrected chi connectivity index (χ3v) is 6.28. The molecule has 2 aromatic carbocycles. The molecule has 1 aliphatic rings. The van der Waals surface area contributed by atoms with E-state index in [2.05, 4.69) is 74.7 Å². The van der Waals surface area contributed by atoms with Crippen molar-refractivity contribution in [2.75, 3.05) is 33.3 Å². The average Bonchev–Trinajstić information content (AvgIpc) is 3.29. The Morgan fingerprint density at radius 1 is 0.909 bits per heavy atom. The molecular formula is C25H35ClN6O. The quantitative estimate of drug-likeness (QED) is 0.442. The Morgan fingerprint density at radius 2 is 1.61 bits per heavy atom. The molecule has 1 fully saturated rings. The van der Waals surface area contributed by atoms with E-state index in [9.17, 15) is 0 Å². The predicted molar refractivity (Wildman–Crippen MR) is 133 cm³/mol. The van der Waals surface area contributed by atoms with Crippen LogP contribution in [0.15, 0.2) is 54.6 Å². The Bertz CT molecular complexity index is 941. The molecule has 0 spiro atoms. The molecule has 4 rings (SSSR count). The zero-order chi connectivity index (χ0) is 22.2. The first-order valence-corrected chi connectivity index (χ1v) is 11.7. The normalized spacial score (nSPS) is 15.7. The molecular weight excluding hydrogens is 436 g/mol. The lowest BCUT2D eigenvalue weighted by atomic mass is 10.1. The summed E-state index contributed by atoms with van der Waals surface area (Å²) >= 11 is 0. The number of tetrazole rings is 1. The van der Waals surface area contributed by atoms with E-state index in [1.54, 1.807) is 7.11 Å². The Kier molecular flexibility index (Phi) is 9.66. The van der Waals surface area contributed by atoms with Crippen molar-refractivity contribution in [1.29, 1.82) is 0 Å². The molecule has 2 heterocycles. The number of methoxy groups -OCH3 is 1. The summed E-state index contributed by atoms with van der Waals surface area (Å²) in [7, 11) is 1.69. The summed E-state index contributed by atoms with van der Waals surface area (Å²) in [5.41, 5.74) is 2.55. The molecule has 7 nitrogen and oxygen atoms in total. The van der Waals surface area contributed by atoms with E-state index in [1.807, 2.05) is 16.8 Å². The van der Waals surface area contributed by atoms with Crippen molar-refractivity contribution in [2.45, 2.75) is 45.3 Å². The van der Waals surface area contributed by atoms with Gasteiger partial charge in [-0.15, -0.1) is 17.5 Å². The fourth-order valence-electron chi connectivity index (χ4n) is 4.41. The van der Waals surface area contributed by atoms with Gasteiger partial charge in [0.25, 0.3) is 0 Å². The number of piperazine rings is 1. The second-order valence-corrected chi connectivity index (χ2v) is 8.50. The van der Waals surface area contributed by atoms with Gasteiger partial charge in [-0.25, -0.2) is 4.68 Å². The third-order valence-electron chi connectivity index (χ3n) is 6.28. The second kappa shape index (κ2) is 12.7. The van der Waals surface area contributed by atoms with Gasteiger partial charge in [-0.2, -0.15) is 0 Å². The lowest BCUT2D eigenvalue weighted by Crippen LogP contribution is -2.47. The van der Waals surface area contributed by atoms with Gasteiger partial charge in [-0.1, -0.05) is 62.2 Å². The molecule has 1 atom stereocenters. The zero-order valence-corrected chi connectivity index (χ0v) is 20.5. The molecule has 178 valence electrons.